The quantitative estimate of drug-likeness (QED) is 0.751. The SMILES string of the molecule is Cc1nnc(Sc2ccnc(N)n2)n1C. The Morgan fingerprint density at radius 3 is 2.80 bits per heavy atom. The fraction of sp³-hybridized carbons (Fsp3) is 0.250. The highest BCUT2D eigenvalue weighted by Crippen LogP contribution is 2.23. The number of hydrogen-bond donors (Lipinski definition) is 1. The zero-order chi connectivity index (χ0) is 10.8. The summed E-state index contributed by atoms with van der Waals surface area (Å²) in [7, 11) is 1.90. The molecule has 15 heavy (non-hydrogen) atoms. The lowest BCUT2D eigenvalue weighted by atomic mass is 10.7. The molecule has 0 fully saturated rings. The first-order valence-corrected chi connectivity index (χ1v) is 5.11. The van der Waals surface area contributed by atoms with Gasteiger partial charge < -0.3 is 10.3 Å². The molecule has 7 heteroatoms. The van der Waals surface area contributed by atoms with Crippen molar-refractivity contribution in [2.75, 3.05) is 5.73 Å². The number of hydrogen-bond acceptors (Lipinski definition) is 6. The summed E-state index contributed by atoms with van der Waals surface area (Å²) in [6, 6.07) is 1.78. The van der Waals surface area contributed by atoms with Crippen molar-refractivity contribution in [1.29, 1.82) is 0 Å². The Labute approximate surface area is 90.9 Å². The van der Waals surface area contributed by atoms with E-state index >= 15 is 0 Å². The average molecular weight is 222 g/mol. The second kappa shape index (κ2) is 3.85. The van der Waals surface area contributed by atoms with E-state index in [2.05, 4.69) is 20.2 Å². The number of aryl methyl sites for hydroxylation is 1. The van der Waals surface area contributed by atoms with E-state index in [-0.39, 0.29) is 5.95 Å². The molecule has 0 saturated heterocycles. The molecule has 0 amide bonds. The van der Waals surface area contributed by atoms with Crippen molar-refractivity contribution in [3.05, 3.63) is 18.1 Å². The number of rotatable bonds is 2. The van der Waals surface area contributed by atoms with E-state index in [1.807, 2.05) is 18.5 Å². The second-order valence-corrected chi connectivity index (χ2v) is 3.93. The first-order chi connectivity index (χ1) is 7.16. The van der Waals surface area contributed by atoms with Crippen LogP contribution >= 0.6 is 11.8 Å². The first-order valence-electron chi connectivity index (χ1n) is 4.29. The summed E-state index contributed by atoms with van der Waals surface area (Å²) in [6.45, 7) is 1.89. The molecule has 0 aliphatic rings. The molecule has 0 aromatic carbocycles. The normalized spacial score (nSPS) is 10.5. The Kier molecular flexibility index (Phi) is 2.55. The molecule has 0 radical (unpaired) electrons. The van der Waals surface area contributed by atoms with Crippen LogP contribution in [-0.2, 0) is 7.05 Å². The summed E-state index contributed by atoms with van der Waals surface area (Å²) in [6.07, 6.45) is 1.62. The van der Waals surface area contributed by atoms with Crippen molar-refractivity contribution in [2.45, 2.75) is 17.1 Å². The molecular weight excluding hydrogens is 212 g/mol. The zero-order valence-electron chi connectivity index (χ0n) is 8.38. The Morgan fingerprint density at radius 1 is 1.40 bits per heavy atom. The third-order valence-electron chi connectivity index (χ3n) is 1.90. The summed E-state index contributed by atoms with van der Waals surface area (Å²) in [5.41, 5.74) is 5.48. The molecule has 0 aliphatic heterocycles. The number of anilines is 1. The number of nitrogens with zero attached hydrogens (tertiary/aromatic N) is 5. The average Bonchev–Trinajstić information content (AvgIpc) is 2.50. The Bertz CT molecular complexity index is 480. The lowest BCUT2D eigenvalue weighted by Crippen LogP contribution is -1.96. The second-order valence-electron chi connectivity index (χ2n) is 2.94. The van der Waals surface area contributed by atoms with Crippen LogP contribution in [0.1, 0.15) is 5.82 Å². The molecule has 6 nitrogen and oxygen atoms in total. The molecule has 0 bridgehead atoms. The maximum absolute atomic E-state index is 5.48. The molecule has 0 unspecified atom stereocenters. The van der Waals surface area contributed by atoms with E-state index in [0.29, 0.717) is 0 Å². The van der Waals surface area contributed by atoms with Crippen LogP contribution < -0.4 is 5.73 Å². The van der Waals surface area contributed by atoms with Gasteiger partial charge in [-0.05, 0) is 24.8 Å². The van der Waals surface area contributed by atoms with Crippen molar-refractivity contribution in [1.82, 2.24) is 24.7 Å². The van der Waals surface area contributed by atoms with Crippen LogP contribution in [0.2, 0.25) is 0 Å². The van der Waals surface area contributed by atoms with Gasteiger partial charge in [-0.2, -0.15) is 0 Å². The van der Waals surface area contributed by atoms with Crippen LogP contribution in [0.3, 0.4) is 0 Å². The van der Waals surface area contributed by atoms with E-state index in [1.165, 1.54) is 11.8 Å². The highest BCUT2D eigenvalue weighted by atomic mass is 32.2. The van der Waals surface area contributed by atoms with E-state index in [0.717, 1.165) is 16.0 Å². The van der Waals surface area contributed by atoms with Crippen LogP contribution in [0, 0.1) is 6.92 Å². The monoisotopic (exact) mass is 222 g/mol. The summed E-state index contributed by atoms with van der Waals surface area (Å²) >= 11 is 1.41. The largest absolute Gasteiger partial charge is 0.368 e. The lowest BCUT2D eigenvalue weighted by Gasteiger charge is -2.00. The third-order valence-corrected chi connectivity index (χ3v) is 2.87. The minimum Gasteiger partial charge on any atom is -0.368 e. The van der Waals surface area contributed by atoms with Crippen molar-refractivity contribution >= 4 is 17.7 Å². The van der Waals surface area contributed by atoms with Crippen LogP contribution in [0.25, 0.3) is 0 Å². The molecule has 0 spiro atoms. The van der Waals surface area contributed by atoms with Gasteiger partial charge in [0.2, 0.25) is 5.95 Å². The molecule has 2 aromatic heterocycles. The Morgan fingerprint density at radius 2 is 2.20 bits per heavy atom. The first kappa shape index (κ1) is 9.91. The standard InChI is InChI=1S/C8H10N6S/c1-5-12-13-8(14(5)2)15-6-3-4-10-7(9)11-6/h3-4H,1-2H3,(H2,9,10,11). The predicted molar refractivity (Wildman–Crippen MR) is 56.3 cm³/mol. The van der Waals surface area contributed by atoms with Crippen molar-refractivity contribution in [2.24, 2.45) is 7.05 Å². The molecule has 2 N–H and O–H groups in total. The van der Waals surface area contributed by atoms with Gasteiger partial charge in [0.1, 0.15) is 10.9 Å². The van der Waals surface area contributed by atoms with Gasteiger partial charge in [-0.25, -0.2) is 9.97 Å². The zero-order valence-corrected chi connectivity index (χ0v) is 9.19. The summed E-state index contributed by atoms with van der Waals surface area (Å²) in [4.78, 5) is 7.89. The van der Waals surface area contributed by atoms with Crippen LogP contribution in [0.15, 0.2) is 22.4 Å². The van der Waals surface area contributed by atoms with Gasteiger partial charge in [0.05, 0.1) is 0 Å². The topological polar surface area (TPSA) is 82.5 Å². The van der Waals surface area contributed by atoms with Crippen LogP contribution in [-0.4, -0.2) is 24.7 Å². The Balaban J connectivity index is 2.26. The lowest BCUT2D eigenvalue weighted by molar-refractivity contribution is 0.764. The smallest absolute Gasteiger partial charge is 0.221 e. The minimum absolute atomic E-state index is 0.263. The minimum atomic E-state index is 0.263. The number of nitrogen functional groups attached to an aromatic ring is 1. The summed E-state index contributed by atoms with van der Waals surface area (Å²) in [5.74, 6) is 1.12. The molecule has 2 heterocycles. The van der Waals surface area contributed by atoms with Gasteiger partial charge in [-0.3, -0.25) is 0 Å². The van der Waals surface area contributed by atoms with Gasteiger partial charge in [-0.15, -0.1) is 10.2 Å². The van der Waals surface area contributed by atoms with Crippen molar-refractivity contribution < 1.29 is 0 Å². The van der Waals surface area contributed by atoms with Gasteiger partial charge in [0, 0.05) is 13.2 Å². The molecule has 78 valence electrons. The van der Waals surface area contributed by atoms with E-state index in [1.54, 1.807) is 12.3 Å². The summed E-state index contributed by atoms with van der Waals surface area (Å²) < 4.78 is 1.89. The number of nitrogens with two attached hydrogens (primary N) is 1. The van der Waals surface area contributed by atoms with Crippen molar-refractivity contribution in [3.8, 4) is 0 Å². The van der Waals surface area contributed by atoms with E-state index in [9.17, 15) is 0 Å². The number of aromatic nitrogens is 5. The fourth-order valence-corrected chi connectivity index (χ4v) is 1.79. The highest BCUT2D eigenvalue weighted by molar-refractivity contribution is 7.99. The molecule has 0 saturated carbocycles. The van der Waals surface area contributed by atoms with Gasteiger partial charge in [-0.1, -0.05) is 0 Å². The van der Waals surface area contributed by atoms with Gasteiger partial charge >= 0.3 is 0 Å². The Hall–Kier alpha value is -1.63. The molecule has 2 rings (SSSR count). The van der Waals surface area contributed by atoms with Crippen molar-refractivity contribution in [3.63, 3.8) is 0 Å². The maximum atomic E-state index is 5.48. The van der Waals surface area contributed by atoms with E-state index < -0.39 is 0 Å². The molecule has 2 aromatic rings. The van der Waals surface area contributed by atoms with Gasteiger partial charge in [0.15, 0.2) is 5.16 Å². The van der Waals surface area contributed by atoms with Crippen LogP contribution in [0.5, 0.6) is 0 Å². The predicted octanol–water partition coefficient (Wildman–Crippen LogP) is 0.647. The van der Waals surface area contributed by atoms with Gasteiger partial charge in [0.25, 0.3) is 0 Å². The molecule has 0 aliphatic carbocycles. The van der Waals surface area contributed by atoms with E-state index in [4.69, 9.17) is 5.73 Å². The van der Waals surface area contributed by atoms with Crippen LogP contribution in [0.4, 0.5) is 5.95 Å². The molecular formula is C8H10N6S. The fourth-order valence-electron chi connectivity index (χ4n) is 0.983. The highest BCUT2D eigenvalue weighted by Gasteiger charge is 2.07. The molecule has 0 atom stereocenters. The third kappa shape index (κ3) is 2.07. The maximum Gasteiger partial charge on any atom is 0.221 e. The summed E-state index contributed by atoms with van der Waals surface area (Å²) in [5, 5.41) is 9.51.